The van der Waals surface area contributed by atoms with Crippen molar-refractivity contribution in [3.05, 3.63) is 24.3 Å². The Bertz CT molecular complexity index is 236. The molecule has 0 amide bonds. The van der Waals surface area contributed by atoms with E-state index in [2.05, 4.69) is 0 Å². The summed E-state index contributed by atoms with van der Waals surface area (Å²) >= 11 is 0. The lowest BCUT2D eigenvalue weighted by atomic mass is 10.3. The van der Waals surface area contributed by atoms with Gasteiger partial charge in [0.05, 0.1) is 5.75 Å². The molecule has 1 N–H and O–H groups in total. The maximum atomic E-state index is 10.2. The fourth-order valence-corrected chi connectivity index (χ4v) is 0.880. The smallest absolute Gasteiger partial charge is 0.268 e. The summed E-state index contributed by atoms with van der Waals surface area (Å²) in [6.45, 7) is 1.89. The highest BCUT2D eigenvalue weighted by Crippen LogP contribution is 1.88. The van der Waals surface area contributed by atoms with Gasteiger partial charge in [-0.3, -0.25) is 4.55 Å². The first-order chi connectivity index (χ1) is 5.06. The van der Waals surface area contributed by atoms with Crippen LogP contribution in [0.15, 0.2) is 24.3 Å². The van der Waals surface area contributed by atoms with Crippen LogP contribution in [-0.4, -0.2) is 18.7 Å². The topological polar surface area (TPSA) is 54.4 Å². The van der Waals surface area contributed by atoms with Gasteiger partial charge in [0.1, 0.15) is 0 Å². The monoisotopic (exact) mass is 176 g/mol. The number of allylic oxidation sites excluding steroid dienone is 3. The van der Waals surface area contributed by atoms with E-state index in [4.69, 9.17) is 4.55 Å². The Kier molecular flexibility index (Phi) is 4.81. The van der Waals surface area contributed by atoms with Gasteiger partial charge in [0.15, 0.2) is 0 Å². The van der Waals surface area contributed by atoms with Crippen molar-refractivity contribution >= 4 is 10.1 Å². The summed E-state index contributed by atoms with van der Waals surface area (Å²) in [7, 11) is -3.82. The van der Waals surface area contributed by atoms with Crippen LogP contribution < -0.4 is 0 Å². The van der Waals surface area contributed by atoms with E-state index in [1.807, 2.05) is 19.1 Å². The van der Waals surface area contributed by atoms with Gasteiger partial charge < -0.3 is 0 Å². The molecule has 0 aliphatic heterocycles. The summed E-state index contributed by atoms with van der Waals surface area (Å²) in [5.74, 6) is -0.301. The zero-order valence-corrected chi connectivity index (χ0v) is 7.21. The van der Waals surface area contributed by atoms with Crippen molar-refractivity contribution in [3.8, 4) is 0 Å². The average Bonchev–Trinajstić information content (AvgIpc) is 1.85. The maximum absolute atomic E-state index is 10.2. The molecule has 0 fully saturated rings. The molecule has 3 nitrogen and oxygen atoms in total. The first-order valence-electron chi connectivity index (χ1n) is 3.27. The van der Waals surface area contributed by atoms with Gasteiger partial charge in [0.25, 0.3) is 10.1 Å². The molecule has 0 bridgehead atoms. The molecule has 0 rings (SSSR count). The standard InChI is InChI=1S/C7H12O3S/c1-2-3-4-5-6-7-11(8,9)10/h2-3,5-6H,4,7H2,1H3,(H,8,9,10). The third-order valence-corrected chi connectivity index (χ3v) is 1.60. The Hall–Kier alpha value is -0.610. The maximum Gasteiger partial charge on any atom is 0.268 e. The van der Waals surface area contributed by atoms with Crippen LogP contribution in [0.3, 0.4) is 0 Å². The Morgan fingerprint density at radius 3 is 2.36 bits per heavy atom. The number of hydrogen-bond acceptors (Lipinski definition) is 2. The molecule has 0 aromatic carbocycles. The molecule has 64 valence electrons. The van der Waals surface area contributed by atoms with E-state index in [1.165, 1.54) is 6.08 Å². The highest BCUT2D eigenvalue weighted by atomic mass is 32.2. The van der Waals surface area contributed by atoms with Crippen molar-refractivity contribution in [3.63, 3.8) is 0 Å². The molecule has 0 aliphatic carbocycles. The minimum Gasteiger partial charge on any atom is -0.285 e. The molecule has 0 aromatic rings. The molecule has 0 spiro atoms. The third kappa shape index (κ3) is 9.39. The third-order valence-electron chi connectivity index (χ3n) is 0.981. The Morgan fingerprint density at radius 2 is 1.91 bits per heavy atom. The van der Waals surface area contributed by atoms with Gasteiger partial charge in [-0.25, -0.2) is 0 Å². The molecule has 0 radical (unpaired) electrons. The van der Waals surface area contributed by atoms with Gasteiger partial charge in [-0.2, -0.15) is 8.42 Å². The van der Waals surface area contributed by atoms with Crippen molar-refractivity contribution in [1.29, 1.82) is 0 Å². The van der Waals surface area contributed by atoms with Crippen LogP contribution in [0.1, 0.15) is 13.3 Å². The van der Waals surface area contributed by atoms with Crippen LogP contribution in [-0.2, 0) is 10.1 Å². The summed E-state index contributed by atoms with van der Waals surface area (Å²) in [6.07, 6.45) is 7.58. The van der Waals surface area contributed by atoms with Crippen LogP contribution in [0.5, 0.6) is 0 Å². The zero-order chi connectivity index (χ0) is 8.74. The minimum absolute atomic E-state index is 0.301. The van der Waals surface area contributed by atoms with E-state index in [0.717, 1.165) is 0 Å². The summed E-state index contributed by atoms with van der Waals surface area (Å²) < 4.78 is 28.6. The predicted molar refractivity (Wildman–Crippen MR) is 45.0 cm³/mol. The lowest BCUT2D eigenvalue weighted by molar-refractivity contribution is 0.486. The van der Waals surface area contributed by atoms with Gasteiger partial charge in [-0.1, -0.05) is 24.3 Å². The van der Waals surface area contributed by atoms with Crippen LogP contribution in [0.25, 0.3) is 0 Å². The normalized spacial score (nSPS) is 13.3. The van der Waals surface area contributed by atoms with Gasteiger partial charge in [0, 0.05) is 0 Å². The lowest BCUT2D eigenvalue weighted by Gasteiger charge is -1.86. The van der Waals surface area contributed by atoms with Crippen molar-refractivity contribution in [2.24, 2.45) is 0 Å². The SMILES string of the molecule is CC=CCC=CCS(=O)(=O)O. The summed E-state index contributed by atoms with van der Waals surface area (Å²) in [6, 6.07) is 0. The molecule has 0 aromatic heterocycles. The van der Waals surface area contributed by atoms with Crippen molar-refractivity contribution in [1.82, 2.24) is 0 Å². The fourth-order valence-electron chi connectivity index (χ4n) is 0.501. The molecule has 0 heterocycles. The first kappa shape index (κ1) is 10.4. The van der Waals surface area contributed by atoms with E-state index in [1.54, 1.807) is 6.08 Å². The Balaban J connectivity index is 3.62. The van der Waals surface area contributed by atoms with Crippen LogP contribution in [0.4, 0.5) is 0 Å². The highest BCUT2D eigenvalue weighted by Gasteiger charge is 1.97. The molecule has 0 unspecified atom stereocenters. The number of hydrogen-bond donors (Lipinski definition) is 1. The number of rotatable bonds is 4. The molecule has 0 saturated heterocycles. The predicted octanol–water partition coefficient (Wildman–Crippen LogP) is 1.40. The summed E-state index contributed by atoms with van der Waals surface area (Å²) in [5.41, 5.74) is 0. The summed E-state index contributed by atoms with van der Waals surface area (Å²) in [5, 5.41) is 0. The summed E-state index contributed by atoms with van der Waals surface area (Å²) in [4.78, 5) is 0. The Labute approximate surface area is 67.2 Å². The van der Waals surface area contributed by atoms with Crippen LogP contribution in [0.2, 0.25) is 0 Å². The van der Waals surface area contributed by atoms with Gasteiger partial charge in [-0.05, 0) is 13.3 Å². The van der Waals surface area contributed by atoms with E-state index in [0.29, 0.717) is 6.42 Å². The van der Waals surface area contributed by atoms with Crippen LogP contribution >= 0.6 is 0 Å². The molecule has 0 atom stereocenters. The molecular weight excluding hydrogens is 164 g/mol. The van der Waals surface area contributed by atoms with Gasteiger partial charge in [-0.15, -0.1) is 0 Å². The fraction of sp³-hybridized carbons (Fsp3) is 0.429. The second-order valence-corrected chi connectivity index (χ2v) is 3.52. The highest BCUT2D eigenvalue weighted by molar-refractivity contribution is 7.85. The minimum atomic E-state index is -3.82. The Morgan fingerprint density at radius 1 is 1.27 bits per heavy atom. The molecular formula is C7H12O3S. The molecule has 11 heavy (non-hydrogen) atoms. The largest absolute Gasteiger partial charge is 0.285 e. The van der Waals surface area contributed by atoms with Crippen LogP contribution in [0, 0.1) is 0 Å². The lowest BCUT2D eigenvalue weighted by Crippen LogP contribution is -1.99. The van der Waals surface area contributed by atoms with Crippen molar-refractivity contribution in [2.45, 2.75) is 13.3 Å². The quantitative estimate of drug-likeness (QED) is 0.520. The van der Waals surface area contributed by atoms with Gasteiger partial charge >= 0.3 is 0 Å². The van der Waals surface area contributed by atoms with E-state index in [-0.39, 0.29) is 5.75 Å². The molecule has 0 saturated carbocycles. The van der Waals surface area contributed by atoms with Crippen molar-refractivity contribution in [2.75, 3.05) is 5.75 Å². The first-order valence-corrected chi connectivity index (χ1v) is 4.88. The molecule has 0 aliphatic rings. The van der Waals surface area contributed by atoms with E-state index in [9.17, 15) is 8.42 Å². The second-order valence-electron chi connectivity index (χ2n) is 2.02. The average molecular weight is 176 g/mol. The zero-order valence-electron chi connectivity index (χ0n) is 6.40. The van der Waals surface area contributed by atoms with Crippen molar-refractivity contribution < 1.29 is 13.0 Å². The van der Waals surface area contributed by atoms with Gasteiger partial charge in [0.2, 0.25) is 0 Å². The van der Waals surface area contributed by atoms with E-state index >= 15 is 0 Å². The second kappa shape index (κ2) is 5.09. The van der Waals surface area contributed by atoms with E-state index < -0.39 is 10.1 Å². The molecule has 4 heteroatoms.